The van der Waals surface area contributed by atoms with Gasteiger partial charge >= 0.3 is 5.97 Å². The van der Waals surface area contributed by atoms with Crippen molar-refractivity contribution in [1.29, 1.82) is 0 Å². The molecule has 29 heavy (non-hydrogen) atoms. The van der Waals surface area contributed by atoms with Crippen molar-refractivity contribution < 1.29 is 19.0 Å². The lowest BCUT2D eigenvalue weighted by molar-refractivity contribution is 0.0499. The van der Waals surface area contributed by atoms with Crippen molar-refractivity contribution in [2.75, 3.05) is 6.61 Å². The van der Waals surface area contributed by atoms with Gasteiger partial charge in [-0.2, -0.15) is 0 Å². The van der Waals surface area contributed by atoms with Gasteiger partial charge < -0.3 is 9.84 Å². The smallest absolute Gasteiger partial charge is 0.338 e. The molecular weight excluding hydrogens is 367 g/mol. The van der Waals surface area contributed by atoms with Crippen LogP contribution in [0.25, 0.3) is 5.83 Å². The van der Waals surface area contributed by atoms with Crippen LogP contribution in [0.4, 0.5) is 4.39 Å². The molecule has 0 saturated heterocycles. The van der Waals surface area contributed by atoms with Crippen molar-refractivity contribution in [1.82, 2.24) is 0 Å². The van der Waals surface area contributed by atoms with Crippen LogP contribution in [0.3, 0.4) is 0 Å². The quantitative estimate of drug-likeness (QED) is 0.301. The third-order valence-corrected chi connectivity index (χ3v) is 5.74. The average molecular weight is 401 g/mol. The van der Waals surface area contributed by atoms with Gasteiger partial charge in [-0.3, -0.25) is 0 Å². The minimum absolute atomic E-state index is 0.0561. The number of unbranched alkanes of at least 4 members (excludes halogenated alkanes) is 1. The van der Waals surface area contributed by atoms with E-state index >= 15 is 4.39 Å². The van der Waals surface area contributed by atoms with Crippen LogP contribution >= 0.6 is 0 Å². The lowest BCUT2D eigenvalue weighted by atomic mass is 9.69. The van der Waals surface area contributed by atoms with Crippen LogP contribution in [-0.2, 0) is 4.74 Å². The van der Waals surface area contributed by atoms with Gasteiger partial charge in [0, 0.05) is 0 Å². The van der Waals surface area contributed by atoms with E-state index in [4.69, 9.17) is 4.74 Å². The first kappa shape index (κ1) is 22.9. The van der Waals surface area contributed by atoms with Crippen molar-refractivity contribution in [3.05, 3.63) is 58.2 Å². The zero-order chi connectivity index (χ0) is 21.8. The molecule has 0 heterocycles. The second-order valence-electron chi connectivity index (χ2n) is 8.53. The fourth-order valence-corrected chi connectivity index (χ4v) is 4.05. The molecule has 1 aromatic carbocycles. The van der Waals surface area contributed by atoms with Crippen LogP contribution in [0, 0.1) is 5.41 Å². The Morgan fingerprint density at radius 3 is 2.62 bits per heavy atom. The average Bonchev–Trinajstić information content (AvgIpc) is 2.66. The van der Waals surface area contributed by atoms with E-state index < -0.39 is 11.8 Å². The maximum Gasteiger partial charge on any atom is 0.338 e. The topological polar surface area (TPSA) is 46.5 Å². The molecule has 158 valence electrons. The third-order valence-electron chi connectivity index (χ3n) is 5.74. The number of phenolic OH excluding ortho intramolecular Hbond substituents is 1. The molecule has 0 aliphatic heterocycles. The van der Waals surface area contributed by atoms with Gasteiger partial charge in [0.1, 0.15) is 11.6 Å². The molecule has 0 radical (unpaired) electrons. The number of halogens is 1. The molecule has 0 saturated carbocycles. The molecule has 1 aliphatic carbocycles. The van der Waals surface area contributed by atoms with E-state index in [1.807, 2.05) is 6.92 Å². The molecule has 3 nitrogen and oxygen atoms in total. The molecule has 0 spiro atoms. The SMILES string of the molecule is C=C(C(C)=C(F)c1ccc(C(=O)OCCCC)cc1O)C1=C(C)CCCC1(C)C. The first-order valence-electron chi connectivity index (χ1n) is 10.4. The molecule has 1 aromatic rings. The summed E-state index contributed by atoms with van der Waals surface area (Å²) in [5, 5.41) is 10.4. The van der Waals surface area contributed by atoms with Crippen molar-refractivity contribution >= 4 is 11.8 Å². The van der Waals surface area contributed by atoms with Gasteiger partial charge in [0.05, 0.1) is 17.7 Å². The Balaban J connectivity index is 2.32. The summed E-state index contributed by atoms with van der Waals surface area (Å²) in [6, 6.07) is 4.16. The van der Waals surface area contributed by atoms with Crippen LogP contribution in [0.2, 0.25) is 0 Å². The summed E-state index contributed by atoms with van der Waals surface area (Å²) in [4.78, 5) is 12.0. The van der Waals surface area contributed by atoms with Gasteiger partial charge in [0.2, 0.25) is 0 Å². The zero-order valence-corrected chi connectivity index (χ0v) is 18.3. The number of carbonyl (C=O) groups is 1. The van der Waals surface area contributed by atoms with Gasteiger partial charge in [-0.05, 0) is 79.9 Å². The van der Waals surface area contributed by atoms with E-state index in [-0.39, 0.29) is 22.3 Å². The minimum atomic E-state index is -0.528. The van der Waals surface area contributed by atoms with Crippen LogP contribution in [0.1, 0.15) is 82.6 Å². The number of phenols is 1. The summed E-state index contributed by atoms with van der Waals surface area (Å²) in [5.41, 5.74) is 3.63. The van der Waals surface area contributed by atoms with Crippen LogP contribution < -0.4 is 0 Å². The highest BCUT2D eigenvalue weighted by Crippen LogP contribution is 2.46. The fourth-order valence-electron chi connectivity index (χ4n) is 4.05. The van der Waals surface area contributed by atoms with Crippen molar-refractivity contribution in [2.24, 2.45) is 5.41 Å². The second-order valence-corrected chi connectivity index (χ2v) is 8.53. The molecule has 1 aliphatic rings. The van der Waals surface area contributed by atoms with Crippen LogP contribution in [0.5, 0.6) is 5.75 Å². The van der Waals surface area contributed by atoms with E-state index in [9.17, 15) is 9.90 Å². The highest BCUT2D eigenvalue weighted by Gasteiger charge is 2.31. The van der Waals surface area contributed by atoms with E-state index in [2.05, 4.69) is 27.4 Å². The monoisotopic (exact) mass is 400 g/mol. The second kappa shape index (κ2) is 9.43. The van der Waals surface area contributed by atoms with Crippen molar-refractivity contribution in [3.63, 3.8) is 0 Å². The highest BCUT2D eigenvalue weighted by atomic mass is 19.1. The molecule has 4 heteroatoms. The van der Waals surface area contributed by atoms with Gasteiger partial charge in [0.25, 0.3) is 0 Å². The molecule has 0 fully saturated rings. The molecule has 0 amide bonds. The number of aromatic hydroxyl groups is 1. The van der Waals surface area contributed by atoms with Gasteiger partial charge in [-0.25, -0.2) is 9.18 Å². The first-order valence-corrected chi connectivity index (χ1v) is 10.4. The van der Waals surface area contributed by atoms with Gasteiger partial charge in [0.15, 0.2) is 0 Å². The molecule has 1 N–H and O–H groups in total. The fraction of sp³-hybridized carbons (Fsp3) is 0.480. The van der Waals surface area contributed by atoms with Crippen LogP contribution in [0.15, 0.2) is 47.1 Å². The number of ether oxygens (including phenoxy) is 1. The molecule has 0 bridgehead atoms. The number of hydrogen-bond donors (Lipinski definition) is 1. The standard InChI is InChI=1S/C25H33FO3/c1-7-8-14-29-24(28)19-11-12-20(21(27)15-19)23(26)18(4)17(3)22-16(2)10-9-13-25(22,5)6/h11-12,15,27H,3,7-10,13-14H2,1-2,4-6H3. The lowest BCUT2D eigenvalue weighted by Gasteiger charge is -2.36. The number of carbonyl (C=O) groups excluding carboxylic acids is 1. The minimum Gasteiger partial charge on any atom is -0.507 e. The number of hydrogen-bond acceptors (Lipinski definition) is 3. The predicted octanol–water partition coefficient (Wildman–Crippen LogP) is 7.13. The van der Waals surface area contributed by atoms with E-state index in [1.165, 1.54) is 23.8 Å². The Hall–Kier alpha value is -2.36. The molecule has 0 unspecified atom stereocenters. The summed E-state index contributed by atoms with van der Waals surface area (Å²) in [7, 11) is 0. The third kappa shape index (κ3) is 5.17. The zero-order valence-electron chi connectivity index (χ0n) is 18.3. The lowest BCUT2D eigenvalue weighted by Crippen LogP contribution is -2.22. The normalized spacial score (nSPS) is 17.0. The van der Waals surface area contributed by atoms with Crippen molar-refractivity contribution in [2.45, 2.75) is 66.7 Å². The summed E-state index contributed by atoms with van der Waals surface area (Å²) in [6.07, 6.45) is 4.85. The maximum atomic E-state index is 15.3. The largest absolute Gasteiger partial charge is 0.507 e. The van der Waals surface area contributed by atoms with Crippen molar-refractivity contribution in [3.8, 4) is 5.75 Å². The number of rotatable bonds is 7. The number of benzene rings is 1. The van der Waals surface area contributed by atoms with Crippen LogP contribution in [-0.4, -0.2) is 17.7 Å². The Morgan fingerprint density at radius 2 is 2.03 bits per heavy atom. The Kier molecular flexibility index (Phi) is 7.45. The summed E-state index contributed by atoms with van der Waals surface area (Å²) >= 11 is 0. The Morgan fingerprint density at radius 1 is 1.34 bits per heavy atom. The number of allylic oxidation sites excluding steroid dienone is 4. The highest BCUT2D eigenvalue weighted by molar-refractivity contribution is 5.90. The number of esters is 1. The molecule has 0 atom stereocenters. The van der Waals surface area contributed by atoms with Gasteiger partial charge in [-0.15, -0.1) is 0 Å². The molecule has 0 aromatic heterocycles. The van der Waals surface area contributed by atoms with E-state index in [0.29, 0.717) is 17.8 Å². The predicted molar refractivity (Wildman–Crippen MR) is 116 cm³/mol. The van der Waals surface area contributed by atoms with Gasteiger partial charge in [-0.1, -0.05) is 39.3 Å². The summed E-state index contributed by atoms with van der Waals surface area (Å²) in [6.45, 7) is 14.6. The van der Waals surface area contributed by atoms with E-state index in [0.717, 1.165) is 37.7 Å². The Bertz CT molecular complexity index is 859. The first-order chi connectivity index (χ1) is 13.6. The van der Waals surface area contributed by atoms with E-state index in [1.54, 1.807) is 6.92 Å². The molecule has 2 rings (SSSR count). The summed E-state index contributed by atoms with van der Waals surface area (Å²) in [5.74, 6) is -1.33. The maximum absolute atomic E-state index is 15.3. The molecular formula is C25H33FO3. The Labute approximate surface area is 174 Å². The summed E-state index contributed by atoms with van der Waals surface area (Å²) < 4.78 is 20.4.